The van der Waals surface area contributed by atoms with Gasteiger partial charge in [0.05, 0.1) is 22.8 Å². The van der Waals surface area contributed by atoms with Gasteiger partial charge >= 0.3 is 0 Å². The van der Waals surface area contributed by atoms with E-state index in [9.17, 15) is 17.6 Å². The molecule has 27 heavy (non-hydrogen) atoms. The third-order valence-electron chi connectivity index (χ3n) is 4.26. The van der Waals surface area contributed by atoms with Gasteiger partial charge in [0.25, 0.3) is 11.1 Å². The molecule has 0 unspecified atom stereocenters. The minimum absolute atomic E-state index is 0.0153. The molecular weight excluding hydrogens is 393 g/mol. The lowest BCUT2D eigenvalue weighted by molar-refractivity contribution is -0.130. The standard InChI is InChI=1S/C17H20FN3O4S2/c1-2-8-21(12-7-9-27(23,24)11-12)15(22)10-26-17-20-19-16(25-17)13-5-3-4-6-14(13)18/h3-6,12H,2,7-11H2,1H3/t12-/m1/s1. The van der Waals surface area contributed by atoms with Gasteiger partial charge in [-0.25, -0.2) is 12.8 Å². The van der Waals surface area contributed by atoms with Gasteiger partial charge in [0.2, 0.25) is 5.91 Å². The number of aromatic nitrogens is 2. The quantitative estimate of drug-likeness (QED) is 0.644. The molecule has 3 rings (SSSR count). The molecule has 0 spiro atoms. The van der Waals surface area contributed by atoms with E-state index in [1.165, 1.54) is 12.1 Å². The van der Waals surface area contributed by atoms with Crippen molar-refractivity contribution in [2.45, 2.75) is 31.0 Å². The molecule has 1 aromatic carbocycles. The maximum absolute atomic E-state index is 13.8. The van der Waals surface area contributed by atoms with E-state index < -0.39 is 15.7 Å². The van der Waals surface area contributed by atoms with Crippen LogP contribution in [0.2, 0.25) is 0 Å². The zero-order valence-electron chi connectivity index (χ0n) is 14.8. The fourth-order valence-electron chi connectivity index (χ4n) is 2.99. The van der Waals surface area contributed by atoms with Crippen molar-refractivity contribution in [3.8, 4) is 11.5 Å². The summed E-state index contributed by atoms with van der Waals surface area (Å²) in [6.07, 6.45) is 1.21. The van der Waals surface area contributed by atoms with Crippen molar-refractivity contribution in [1.82, 2.24) is 15.1 Å². The molecule has 1 atom stereocenters. The van der Waals surface area contributed by atoms with Gasteiger partial charge in [-0.1, -0.05) is 30.8 Å². The first kappa shape index (κ1) is 19.8. The highest BCUT2D eigenvalue weighted by Gasteiger charge is 2.34. The molecule has 1 aliphatic rings. The molecule has 1 amide bonds. The van der Waals surface area contributed by atoms with Crippen molar-refractivity contribution in [2.75, 3.05) is 23.8 Å². The van der Waals surface area contributed by atoms with Gasteiger partial charge in [-0.2, -0.15) is 0 Å². The second kappa shape index (κ2) is 8.39. The minimum Gasteiger partial charge on any atom is -0.411 e. The van der Waals surface area contributed by atoms with Crippen LogP contribution < -0.4 is 0 Å². The second-order valence-electron chi connectivity index (χ2n) is 6.29. The van der Waals surface area contributed by atoms with E-state index in [4.69, 9.17) is 4.42 Å². The Hall–Kier alpha value is -1.94. The van der Waals surface area contributed by atoms with Gasteiger partial charge < -0.3 is 9.32 Å². The number of halogens is 1. The highest BCUT2D eigenvalue weighted by molar-refractivity contribution is 7.99. The third kappa shape index (κ3) is 4.86. The molecule has 1 aliphatic heterocycles. The molecule has 1 saturated heterocycles. The third-order valence-corrected chi connectivity index (χ3v) is 6.82. The summed E-state index contributed by atoms with van der Waals surface area (Å²) in [5, 5.41) is 7.83. The van der Waals surface area contributed by atoms with Gasteiger partial charge in [-0.3, -0.25) is 4.79 Å². The molecular formula is C17H20FN3O4S2. The number of carbonyl (C=O) groups is 1. The first-order valence-corrected chi connectivity index (χ1v) is 11.4. The highest BCUT2D eigenvalue weighted by Crippen LogP contribution is 2.26. The first-order valence-electron chi connectivity index (χ1n) is 8.60. The van der Waals surface area contributed by atoms with Crippen LogP contribution in [0.1, 0.15) is 19.8 Å². The van der Waals surface area contributed by atoms with Crippen LogP contribution in [0.3, 0.4) is 0 Å². The Morgan fingerprint density at radius 1 is 1.37 bits per heavy atom. The molecule has 0 bridgehead atoms. The highest BCUT2D eigenvalue weighted by atomic mass is 32.2. The molecule has 0 aliphatic carbocycles. The number of nitrogens with zero attached hydrogens (tertiary/aromatic N) is 3. The fourth-order valence-corrected chi connectivity index (χ4v) is 5.37. The van der Waals surface area contributed by atoms with Crippen molar-refractivity contribution in [3.63, 3.8) is 0 Å². The lowest BCUT2D eigenvalue weighted by Crippen LogP contribution is -2.42. The van der Waals surface area contributed by atoms with Crippen molar-refractivity contribution >= 4 is 27.5 Å². The molecule has 2 aromatic rings. The maximum atomic E-state index is 13.8. The van der Waals surface area contributed by atoms with Gasteiger partial charge in [-0.15, -0.1) is 10.2 Å². The number of thioether (sulfide) groups is 1. The van der Waals surface area contributed by atoms with Crippen LogP contribution in [0.4, 0.5) is 4.39 Å². The van der Waals surface area contributed by atoms with Gasteiger partial charge in [-0.05, 0) is 25.0 Å². The zero-order chi connectivity index (χ0) is 19.4. The Morgan fingerprint density at radius 3 is 2.81 bits per heavy atom. The Kier molecular flexibility index (Phi) is 6.15. The Balaban J connectivity index is 1.63. The van der Waals surface area contributed by atoms with E-state index in [-0.39, 0.29) is 45.9 Å². The van der Waals surface area contributed by atoms with Crippen LogP contribution in [0.5, 0.6) is 0 Å². The molecule has 7 nitrogen and oxygen atoms in total. The summed E-state index contributed by atoms with van der Waals surface area (Å²) in [7, 11) is -3.07. The van der Waals surface area contributed by atoms with Crippen LogP contribution in [-0.4, -0.2) is 59.3 Å². The summed E-state index contributed by atoms with van der Waals surface area (Å²) in [6, 6.07) is 5.78. The summed E-state index contributed by atoms with van der Waals surface area (Å²) in [4.78, 5) is 14.2. The van der Waals surface area contributed by atoms with Crippen LogP contribution in [-0.2, 0) is 14.6 Å². The fraction of sp³-hybridized carbons (Fsp3) is 0.471. The largest absolute Gasteiger partial charge is 0.411 e. The molecule has 0 radical (unpaired) electrons. The number of hydrogen-bond acceptors (Lipinski definition) is 7. The van der Waals surface area contributed by atoms with Gasteiger partial charge in [0.1, 0.15) is 5.82 Å². The molecule has 0 N–H and O–H groups in total. The normalized spacial score (nSPS) is 18.5. The number of benzene rings is 1. The average Bonchev–Trinajstić information content (AvgIpc) is 3.24. The molecule has 1 fully saturated rings. The summed E-state index contributed by atoms with van der Waals surface area (Å²) in [6.45, 7) is 2.44. The summed E-state index contributed by atoms with van der Waals surface area (Å²) >= 11 is 1.06. The minimum atomic E-state index is -3.07. The Labute approximate surface area is 161 Å². The van der Waals surface area contributed by atoms with Crippen LogP contribution in [0.25, 0.3) is 11.5 Å². The topological polar surface area (TPSA) is 93.4 Å². The monoisotopic (exact) mass is 413 g/mol. The van der Waals surface area contributed by atoms with Crippen LogP contribution >= 0.6 is 11.8 Å². The predicted octanol–water partition coefficient (Wildman–Crippen LogP) is 2.39. The van der Waals surface area contributed by atoms with E-state index in [1.54, 1.807) is 17.0 Å². The van der Waals surface area contributed by atoms with Crippen LogP contribution in [0.15, 0.2) is 33.9 Å². The molecule has 146 valence electrons. The number of carbonyl (C=O) groups excluding carboxylic acids is 1. The number of amides is 1. The molecule has 0 saturated carbocycles. The number of rotatable bonds is 7. The van der Waals surface area contributed by atoms with E-state index >= 15 is 0 Å². The van der Waals surface area contributed by atoms with E-state index in [0.717, 1.165) is 18.2 Å². The number of sulfone groups is 1. The number of hydrogen-bond donors (Lipinski definition) is 0. The van der Waals surface area contributed by atoms with Crippen LogP contribution in [0, 0.1) is 5.82 Å². The predicted molar refractivity (Wildman–Crippen MR) is 99.5 cm³/mol. The first-order chi connectivity index (χ1) is 12.9. The summed E-state index contributed by atoms with van der Waals surface area (Å²) in [5.41, 5.74) is 0.201. The van der Waals surface area contributed by atoms with Crippen molar-refractivity contribution in [1.29, 1.82) is 0 Å². The molecule has 10 heteroatoms. The van der Waals surface area contributed by atoms with E-state index in [0.29, 0.717) is 13.0 Å². The maximum Gasteiger partial charge on any atom is 0.277 e. The van der Waals surface area contributed by atoms with Gasteiger partial charge in [0, 0.05) is 12.6 Å². The Morgan fingerprint density at radius 2 is 2.15 bits per heavy atom. The molecule has 2 heterocycles. The van der Waals surface area contributed by atoms with E-state index in [2.05, 4.69) is 10.2 Å². The van der Waals surface area contributed by atoms with Crippen molar-refractivity contribution in [3.05, 3.63) is 30.1 Å². The SMILES string of the molecule is CCCN(C(=O)CSc1nnc(-c2ccccc2F)o1)[C@@H]1CCS(=O)(=O)C1. The van der Waals surface area contributed by atoms with Crippen molar-refractivity contribution < 1.29 is 22.0 Å². The zero-order valence-corrected chi connectivity index (χ0v) is 16.4. The average molecular weight is 413 g/mol. The lowest BCUT2D eigenvalue weighted by atomic mass is 10.2. The lowest BCUT2D eigenvalue weighted by Gasteiger charge is -2.27. The smallest absolute Gasteiger partial charge is 0.277 e. The van der Waals surface area contributed by atoms with Crippen molar-refractivity contribution in [2.24, 2.45) is 0 Å². The van der Waals surface area contributed by atoms with Gasteiger partial charge in [0.15, 0.2) is 9.84 Å². The Bertz CT molecular complexity index is 916. The molecule has 1 aromatic heterocycles. The summed E-state index contributed by atoms with van der Waals surface area (Å²) < 4.78 is 42.6. The second-order valence-corrected chi connectivity index (χ2v) is 9.44. The summed E-state index contributed by atoms with van der Waals surface area (Å²) in [5.74, 6) is -0.402. The van der Waals surface area contributed by atoms with E-state index in [1.807, 2.05) is 6.92 Å².